The van der Waals surface area contributed by atoms with Crippen LogP contribution in [0.25, 0.3) is 0 Å². The highest BCUT2D eigenvalue weighted by atomic mass is 32.2. The molecule has 15 heavy (non-hydrogen) atoms. The number of thioether (sulfide) groups is 1. The second-order valence-corrected chi connectivity index (χ2v) is 5.36. The molecule has 0 bridgehead atoms. The molecule has 0 saturated carbocycles. The summed E-state index contributed by atoms with van der Waals surface area (Å²) < 4.78 is 13.3. The average Bonchev–Trinajstić information content (AvgIpc) is 2.21. The summed E-state index contributed by atoms with van der Waals surface area (Å²) in [5, 5.41) is 0. The molecule has 0 radical (unpaired) electrons. The molecule has 1 atom stereocenters. The number of thiol groups is 1. The number of rotatable bonds is 5. The first-order valence-corrected chi connectivity index (χ1v) is 6.75. The fraction of sp³-hybridized carbons (Fsp3) is 0.500. The molecule has 0 saturated heterocycles. The Bertz CT molecular complexity index is 299. The lowest BCUT2D eigenvalue weighted by atomic mass is 10.0. The molecule has 3 heteroatoms. The van der Waals surface area contributed by atoms with E-state index < -0.39 is 0 Å². The summed E-state index contributed by atoms with van der Waals surface area (Å²) in [5.74, 6) is 2.81. The predicted molar refractivity (Wildman–Crippen MR) is 69.3 cm³/mol. The minimum Gasteiger partial charge on any atom is -0.206 e. The molecule has 0 aliphatic heterocycles. The maximum atomic E-state index is 13.3. The van der Waals surface area contributed by atoms with Gasteiger partial charge in [-0.15, -0.1) is 11.8 Å². The van der Waals surface area contributed by atoms with E-state index in [1.165, 1.54) is 6.07 Å². The van der Waals surface area contributed by atoms with Gasteiger partial charge in [0.15, 0.2) is 0 Å². The van der Waals surface area contributed by atoms with Gasteiger partial charge in [0.1, 0.15) is 5.82 Å². The first-order valence-electron chi connectivity index (χ1n) is 5.13. The molecule has 1 aromatic rings. The van der Waals surface area contributed by atoms with Crippen LogP contribution in [0.2, 0.25) is 0 Å². The summed E-state index contributed by atoms with van der Waals surface area (Å²) in [6.45, 7) is 4.37. The molecule has 0 aliphatic rings. The maximum Gasteiger partial charge on any atom is 0.136 e. The molecule has 0 N–H and O–H groups in total. The third kappa shape index (κ3) is 4.07. The zero-order chi connectivity index (χ0) is 11.3. The van der Waals surface area contributed by atoms with E-state index in [0.717, 1.165) is 16.4 Å². The average molecular weight is 244 g/mol. The van der Waals surface area contributed by atoms with Gasteiger partial charge in [-0.2, -0.15) is 12.6 Å². The second-order valence-electron chi connectivity index (χ2n) is 3.93. The summed E-state index contributed by atoms with van der Waals surface area (Å²) in [7, 11) is 0. The van der Waals surface area contributed by atoms with Crippen molar-refractivity contribution in [1.29, 1.82) is 0 Å². The molecule has 1 unspecified atom stereocenters. The van der Waals surface area contributed by atoms with Crippen LogP contribution in [0.1, 0.15) is 13.8 Å². The van der Waals surface area contributed by atoms with Crippen molar-refractivity contribution in [1.82, 2.24) is 0 Å². The molecule has 1 rings (SSSR count). The Morgan fingerprint density at radius 1 is 1.33 bits per heavy atom. The lowest BCUT2D eigenvalue weighted by molar-refractivity contribution is 0.473. The largest absolute Gasteiger partial charge is 0.206 e. The highest BCUT2D eigenvalue weighted by Gasteiger charge is 2.12. The number of benzene rings is 1. The highest BCUT2D eigenvalue weighted by Crippen LogP contribution is 2.26. The summed E-state index contributed by atoms with van der Waals surface area (Å²) in [6.07, 6.45) is 0. The minimum absolute atomic E-state index is 0.121. The van der Waals surface area contributed by atoms with Crippen LogP contribution in [-0.2, 0) is 0 Å². The Hall–Kier alpha value is -0.150. The summed E-state index contributed by atoms with van der Waals surface area (Å²) in [6, 6.07) is 6.93. The van der Waals surface area contributed by atoms with E-state index >= 15 is 0 Å². The zero-order valence-electron chi connectivity index (χ0n) is 9.11. The standard InChI is InChI=1S/C12H17FS2/c1-9(2)10(7-14)8-15-12-6-4-3-5-11(12)13/h3-6,9-10,14H,7-8H2,1-2H3. The quantitative estimate of drug-likeness (QED) is 0.600. The van der Waals surface area contributed by atoms with E-state index in [4.69, 9.17) is 0 Å². The van der Waals surface area contributed by atoms with Gasteiger partial charge in [0.25, 0.3) is 0 Å². The molecule has 0 aliphatic carbocycles. The molecule has 84 valence electrons. The summed E-state index contributed by atoms with van der Waals surface area (Å²) in [4.78, 5) is 0.741. The SMILES string of the molecule is CC(C)C(CS)CSc1ccccc1F. The van der Waals surface area contributed by atoms with Gasteiger partial charge in [-0.1, -0.05) is 26.0 Å². The van der Waals surface area contributed by atoms with Gasteiger partial charge in [0, 0.05) is 10.6 Å². The number of halogens is 1. The monoisotopic (exact) mass is 244 g/mol. The Labute approximate surface area is 101 Å². The molecule has 1 aromatic carbocycles. The van der Waals surface area contributed by atoms with E-state index in [1.807, 2.05) is 12.1 Å². The Morgan fingerprint density at radius 3 is 2.53 bits per heavy atom. The van der Waals surface area contributed by atoms with E-state index in [0.29, 0.717) is 11.8 Å². The van der Waals surface area contributed by atoms with Gasteiger partial charge >= 0.3 is 0 Å². The Morgan fingerprint density at radius 2 is 2.00 bits per heavy atom. The molecule has 0 spiro atoms. The van der Waals surface area contributed by atoms with Crippen LogP contribution >= 0.6 is 24.4 Å². The van der Waals surface area contributed by atoms with Crippen LogP contribution in [0, 0.1) is 17.7 Å². The van der Waals surface area contributed by atoms with Gasteiger partial charge in [-0.05, 0) is 29.7 Å². The van der Waals surface area contributed by atoms with E-state index in [9.17, 15) is 4.39 Å². The summed E-state index contributed by atoms with van der Waals surface area (Å²) >= 11 is 5.90. The van der Waals surface area contributed by atoms with Crippen molar-refractivity contribution in [3.63, 3.8) is 0 Å². The van der Waals surface area contributed by atoms with Crippen LogP contribution in [0.4, 0.5) is 4.39 Å². The van der Waals surface area contributed by atoms with E-state index in [2.05, 4.69) is 26.5 Å². The molecular weight excluding hydrogens is 227 g/mol. The zero-order valence-corrected chi connectivity index (χ0v) is 10.8. The van der Waals surface area contributed by atoms with Gasteiger partial charge in [0.2, 0.25) is 0 Å². The molecule has 0 fully saturated rings. The topological polar surface area (TPSA) is 0 Å². The van der Waals surface area contributed by atoms with Crippen molar-refractivity contribution in [2.24, 2.45) is 11.8 Å². The van der Waals surface area contributed by atoms with Crippen LogP contribution in [-0.4, -0.2) is 11.5 Å². The molecule has 0 aromatic heterocycles. The molecule has 0 amide bonds. The van der Waals surface area contributed by atoms with Crippen LogP contribution in [0.3, 0.4) is 0 Å². The van der Waals surface area contributed by atoms with Gasteiger partial charge < -0.3 is 0 Å². The van der Waals surface area contributed by atoms with Crippen molar-refractivity contribution in [3.05, 3.63) is 30.1 Å². The number of hydrogen-bond acceptors (Lipinski definition) is 2. The van der Waals surface area contributed by atoms with Crippen LogP contribution < -0.4 is 0 Å². The lowest BCUT2D eigenvalue weighted by Crippen LogP contribution is -2.13. The van der Waals surface area contributed by atoms with E-state index in [1.54, 1.807) is 17.8 Å². The molecular formula is C12H17FS2. The highest BCUT2D eigenvalue weighted by molar-refractivity contribution is 7.99. The molecule has 0 nitrogen and oxygen atoms in total. The fourth-order valence-corrected chi connectivity index (χ4v) is 3.22. The van der Waals surface area contributed by atoms with Crippen molar-refractivity contribution in [3.8, 4) is 0 Å². The molecule has 0 heterocycles. The minimum atomic E-state index is -0.121. The summed E-state index contributed by atoms with van der Waals surface area (Å²) in [5.41, 5.74) is 0. The Kier molecular flexibility index (Phi) is 5.54. The predicted octanol–water partition coefficient (Wildman–Crippen LogP) is 4.12. The van der Waals surface area contributed by atoms with Crippen molar-refractivity contribution >= 4 is 24.4 Å². The third-order valence-electron chi connectivity index (χ3n) is 2.47. The normalized spacial score (nSPS) is 13.1. The van der Waals surface area contributed by atoms with Crippen molar-refractivity contribution in [2.45, 2.75) is 18.7 Å². The van der Waals surface area contributed by atoms with Crippen molar-refractivity contribution in [2.75, 3.05) is 11.5 Å². The third-order valence-corrected chi connectivity index (χ3v) is 4.17. The number of hydrogen-bond donors (Lipinski definition) is 1. The maximum absolute atomic E-state index is 13.3. The first kappa shape index (κ1) is 12.9. The van der Waals surface area contributed by atoms with Crippen LogP contribution in [0.5, 0.6) is 0 Å². The van der Waals surface area contributed by atoms with Crippen LogP contribution in [0.15, 0.2) is 29.2 Å². The van der Waals surface area contributed by atoms with Gasteiger partial charge in [0.05, 0.1) is 0 Å². The first-order chi connectivity index (χ1) is 7.15. The second kappa shape index (κ2) is 6.44. The van der Waals surface area contributed by atoms with Gasteiger partial charge in [-0.3, -0.25) is 0 Å². The van der Waals surface area contributed by atoms with Gasteiger partial charge in [-0.25, -0.2) is 4.39 Å². The Balaban J connectivity index is 2.53. The smallest absolute Gasteiger partial charge is 0.136 e. The van der Waals surface area contributed by atoms with Crippen molar-refractivity contribution < 1.29 is 4.39 Å². The fourth-order valence-electron chi connectivity index (χ4n) is 1.21. The van der Waals surface area contributed by atoms with E-state index in [-0.39, 0.29) is 5.82 Å². The lowest BCUT2D eigenvalue weighted by Gasteiger charge is -2.17.